The van der Waals surface area contributed by atoms with E-state index in [9.17, 15) is 4.79 Å². The lowest BCUT2D eigenvalue weighted by molar-refractivity contribution is 0.0953. The van der Waals surface area contributed by atoms with Crippen molar-refractivity contribution < 1.29 is 9.21 Å². The van der Waals surface area contributed by atoms with Gasteiger partial charge in [0.05, 0.1) is 11.3 Å². The Labute approximate surface area is 118 Å². The van der Waals surface area contributed by atoms with Crippen LogP contribution >= 0.6 is 23.1 Å². The van der Waals surface area contributed by atoms with Crippen LogP contribution < -0.4 is 16.2 Å². The molecule has 0 atom stereocenters. The van der Waals surface area contributed by atoms with Crippen LogP contribution in [0.5, 0.6) is 0 Å². The van der Waals surface area contributed by atoms with Crippen LogP contribution in [0.25, 0.3) is 0 Å². The average Bonchev–Trinajstić information content (AvgIpc) is 3.04. The molecule has 0 fully saturated rings. The Hall–Kier alpha value is -1.58. The predicted molar refractivity (Wildman–Crippen MR) is 74.2 cm³/mol. The topological polar surface area (TPSA) is 97.3 Å². The Balaban J connectivity index is 1.94. The number of hydrazine groups is 1. The van der Waals surface area contributed by atoms with Gasteiger partial charge in [0.1, 0.15) is 12.0 Å². The first-order chi connectivity index (χ1) is 9.10. The van der Waals surface area contributed by atoms with Crippen molar-refractivity contribution in [3.05, 3.63) is 23.7 Å². The molecule has 0 aliphatic carbocycles. The number of carbonyl (C=O) groups excluding carboxylic acids is 1. The van der Waals surface area contributed by atoms with Crippen molar-refractivity contribution in [1.29, 1.82) is 0 Å². The van der Waals surface area contributed by atoms with Gasteiger partial charge in [-0.15, -0.1) is 10.2 Å². The number of nitrogens with zero attached hydrogens (tertiary/aromatic N) is 3. The van der Waals surface area contributed by atoms with Gasteiger partial charge in [0.15, 0.2) is 4.34 Å². The summed E-state index contributed by atoms with van der Waals surface area (Å²) in [5.74, 6) is 5.94. The molecule has 3 N–H and O–H groups in total. The number of rotatable bonds is 5. The van der Waals surface area contributed by atoms with E-state index in [1.807, 2.05) is 19.0 Å². The first-order valence-corrected chi connectivity index (χ1v) is 7.12. The highest BCUT2D eigenvalue weighted by atomic mass is 32.2. The summed E-state index contributed by atoms with van der Waals surface area (Å²) in [6.07, 6.45) is 1.38. The second-order valence-electron chi connectivity index (χ2n) is 3.81. The Bertz CT molecular complexity index is 566. The first kappa shape index (κ1) is 13.8. The van der Waals surface area contributed by atoms with E-state index in [0.29, 0.717) is 17.1 Å². The third kappa shape index (κ3) is 3.46. The van der Waals surface area contributed by atoms with Crippen LogP contribution in [0.4, 0.5) is 5.13 Å². The molecule has 2 aromatic heterocycles. The SMILES string of the molecule is CN(C)c1nnc(SCc2cc(C(=O)NN)co2)s1. The van der Waals surface area contributed by atoms with Crippen molar-refractivity contribution in [1.82, 2.24) is 15.6 Å². The van der Waals surface area contributed by atoms with Crippen molar-refractivity contribution >= 4 is 34.1 Å². The smallest absolute Gasteiger partial charge is 0.268 e. The minimum atomic E-state index is -0.370. The number of amides is 1. The lowest BCUT2D eigenvalue weighted by atomic mass is 10.3. The molecule has 19 heavy (non-hydrogen) atoms. The highest BCUT2D eigenvalue weighted by Gasteiger charge is 2.11. The van der Waals surface area contributed by atoms with Gasteiger partial charge in [0.25, 0.3) is 5.91 Å². The molecule has 102 valence electrons. The number of thioether (sulfide) groups is 1. The molecule has 0 unspecified atom stereocenters. The number of nitrogens with two attached hydrogens (primary N) is 1. The molecule has 1 amide bonds. The summed E-state index contributed by atoms with van der Waals surface area (Å²) in [5.41, 5.74) is 2.46. The zero-order chi connectivity index (χ0) is 13.8. The summed E-state index contributed by atoms with van der Waals surface area (Å²) >= 11 is 3.01. The Morgan fingerprint density at radius 3 is 3.00 bits per heavy atom. The quantitative estimate of drug-likeness (QED) is 0.369. The van der Waals surface area contributed by atoms with Gasteiger partial charge in [0.2, 0.25) is 5.13 Å². The molecule has 0 spiro atoms. The molecular weight excluding hydrogens is 286 g/mol. The molecule has 7 nitrogen and oxygen atoms in total. The van der Waals surface area contributed by atoms with Crippen LogP contribution in [0.2, 0.25) is 0 Å². The molecule has 0 aromatic carbocycles. The maximum atomic E-state index is 11.3. The maximum absolute atomic E-state index is 11.3. The number of nitrogen functional groups attached to an aromatic ring is 1. The monoisotopic (exact) mass is 299 g/mol. The van der Waals surface area contributed by atoms with Crippen LogP contribution in [0.15, 0.2) is 21.1 Å². The van der Waals surface area contributed by atoms with Gasteiger partial charge in [-0.25, -0.2) is 5.84 Å². The predicted octanol–water partition coefficient (Wildman–Crippen LogP) is 1.09. The highest BCUT2D eigenvalue weighted by Crippen LogP contribution is 2.29. The zero-order valence-corrected chi connectivity index (χ0v) is 12.0. The van der Waals surface area contributed by atoms with Crippen molar-refractivity contribution in [2.45, 2.75) is 10.1 Å². The number of carbonyl (C=O) groups is 1. The third-order valence-electron chi connectivity index (χ3n) is 2.16. The minimum absolute atomic E-state index is 0.370. The van der Waals surface area contributed by atoms with E-state index in [-0.39, 0.29) is 5.91 Å². The van der Waals surface area contributed by atoms with E-state index in [0.717, 1.165) is 9.47 Å². The zero-order valence-electron chi connectivity index (χ0n) is 10.4. The van der Waals surface area contributed by atoms with E-state index in [4.69, 9.17) is 10.3 Å². The van der Waals surface area contributed by atoms with Gasteiger partial charge in [-0.3, -0.25) is 10.2 Å². The maximum Gasteiger partial charge on any atom is 0.268 e. The standard InChI is InChI=1S/C10H13N5O2S2/c1-15(2)9-13-14-10(19-9)18-5-7-3-6(4-17-7)8(16)12-11/h3-4H,5,11H2,1-2H3,(H,12,16). The van der Waals surface area contributed by atoms with Crippen molar-refractivity contribution in [3.63, 3.8) is 0 Å². The molecular formula is C10H13N5O2S2. The molecule has 0 aliphatic rings. The molecule has 0 radical (unpaired) electrons. The largest absolute Gasteiger partial charge is 0.468 e. The first-order valence-electron chi connectivity index (χ1n) is 5.32. The Morgan fingerprint density at radius 2 is 2.37 bits per heavy atom. The fourth-order valence-corrected chi connectivity index (χ4v) is 2.89. The number of hydrogen-bond donors (Lipinski definition) is 2. The summed E-state index contributed by atoms with van der Waals surface area (Å²) in [5, 5.41) is 8.95. The Morgan fingerprint density at radius 1 is 1.58 bits per heavy atom. The summed E-state index contributed by atoms with van der Waals surface area (Å²) in [4.78, 5) is 13.2. The third-order valence-corrected chi connectivity index (χ3v) is 4.41. The molecule has 2 heterocycles. The molecule has 0 bridgehead atoms. The second-order valence-corrected chi connectivity index (χ2v) is 5.99. The fourth-order valence-electron chi connectivity index (χ4n) is 1.23. The van der Waals surface area contributed by atoms with Crippen LogP contribution in [-0.4, -0.2) is 30.2 Å². The van der Waals surface area contributed by atoms with E-state index in [1.165, 1.54) is 29.4 Å². The fraction of sp³-hybridized carbons (Fsp3) is 0.300. The summed E-state index contributed by atoms with van der Waals surface area (Å²) in [6.45, 7) is 0. The molecule has 9 heteroatoms. The molecule has 2 aromatic rings. The van der Waals surface area contributed by atoms with Gasteiger partial charge in [-0.05, 0) is 6.07 Å². The second kappa shape index (κ2) is 6.04. The van der Waals surface area contributed by atoms with Crippen molar-refractivity contribution in [2.75, 3.05) is 19.0 Å². The van der Waals surface area contributed by atoms with E-state index < -0.39 is 0 Å². The van der Waals surface area contributed by atoms with Crippen molar-refractivity contribution in [2.24, 2.45) is 5.84 Å². The van der Waals surface area contributed by atoms with E-state index in [2.05, 4.69) is 15.6 Å². The number of nitrogens with one attached hydrogen (secondary N) is 1. The summed E-state index contributed by atoms with van der Waals surface area (Å²) < 4.78 is 6.12. The van der Waals surface area contributed by atoms with Crippen LogP contribution in [0.3, 0.4) is 0 Å². The molecule has 0 saturated heterocycles. The lowest BCUT2D eigenvalue weighted by Crippen LogP contribution is -2.29. The van der Waals surface area contributed by atoms with Crippen molar-refractivity contribution in [3.8, 4) is 0 Å². The molecule has 0 saturated carbocycles. The normalized spacial score (nSPS) is 10.5. The Kier molecular flexibility index (Phi) is 4.40. The summed E-state index contributed by atoms with van der Waals surface area (Å²) in [6, 6.07) is 1.66. The van der Waals surface area contributed by atoms with E-state index >= 15 is 0 Å². The van der Waals surface area contributed by atoms with Gasteiger partial charge < -0.3 is 9.32 Å². The molecule has 2 rings (SSSR count). The van der Waals surface area contributed by atoms with Crippen LogP contribution in [0.1, 0.15) is 16.1 Å². The summed E-state index contributed by atoms with van der Waals surface area (Å²) in [7, 11) is 3.83. The van der Waals surface area contributed by atoms with Gasteiger partial charge in [-0.2, -0.15) is 0 Å². The highest BCUT2D eigenvalue weighted by molar-refractivity contribution is 8.00. The molecule has 0 aliphatic heterocycles. The minimum Gasteiger partial charge on any atom is -0.468 e. The lowest BCUT2D eigenvalue weighted by Gasteiger charge is -2.03. The van der Waals surface area contributed by atoms with Crippen LogP contribution in [-0.2, 0) is 5.75 Å². The van der Waals surface area contributed by atoms with Gasteiger partial charge >= 0.3 is 0 Å². The van der Waals surface area contributed by atoms with Gasteiger partial charge in [0, 0.05) is 14.1 Å². The number of hydrogen-bond acceptors (Lipinski definition) is 8. The van der Waals surface area contributed by atoms with Crippen LogP contribution in [0, 0.1) is 0 Å². The van der Waals surface area contributed by atoms with E-state index in [1.54, 1.807) is 6.07 Å². The average molecular weight is 299 g/mol. The number of anilines is 1. The number of aromatic nitrogens is 2. The number of furan rings is 1. The van der Waals surface area contributed by atoms with Gasteiger partial charge in [-0.1, -0.05) is 23.1 Å².